The topological polar surface area (TPSA) is 97.0 Å². The summed E-state index contributed by atoms with van der Waals surface area (Å²) in [7, 11) is 0. The summed E-state index contributed by atoms with van der Waals surface area (Å²) in [6, 6.07) is 19.8. The Hall–Kier alpha value is -3.58. The second-order valence-electron chi connectivity index (χ2n) is 5.46. The van der Waals surface area contributed by atoms with Crippen molar-refractivity contribution in [3.05, 3.63) is 93.5 Å². The molecule has 0 fully saturated rings. The molecule has 7 nitrogen and oxygen atoms in total. The lowest BCUT2D eigenvalue weighted by atomic mass is 10.2. The minimum absolute atomic E-state index is 0.00924. The zero-order valence-corrected chi connectivity index (χ0v) is 14.6. The van der Waals surface area contributed by atoms with E-state index in [1.54, 1.807) is 24.3 Å². The number of benzene rings is 3. The highest BCUT2D eigenvalue weighted by atomic mass is 35.5. The van der Waals surface area contributed by atoms with Gasteiger partial charge in [-0.05, 0) is 42.5 Å². The first-order chi connectivity index (χ1) is 13.0. The van der Waals surface area contributed by atoms with Gasteiger partial charge in [0.2, 0.25) is 0 Å². The molecule has 0 aliphatic carbocycles. The Labute approximate surface area is 159 Å². The fraction of sp³-hybridized carbons (Fsp3) is 0. The summed E-state index contributed by atoms with van der Waals surface area (Å²) in [5.74, 6) is -0.464. The molecule has 0 spiro atoms. The predicted octanol–water partition coefficient (Wildman–Crippen LogP) is 5.92. The van der Waals surface area contributed by atoms with E-state index in [9.17, 15) is 14.9 Å². The Morgan fingerprint density at radius 2 is 1.56 bits per heavy atom. The average Bonchev–Trinajstić information content (AvgIpc) is 2.68. The lowest BCUT2D eigenvalue weighted by Gasteiger charge is -2.07. The molecule has 1 amide bonds. The summed E-state index contributed by atoms with van der Waals surface area (Å²) >= 11 is 5.97. The molecule has 0 saturated heterocycles. The number of carbonyl (C=O) groups is 1. The average molecular weight is 381 g/mol. The van der Waals surface area contributed by atoms with Crippen LogP contribution in [0.5, 0.6) is 0 Å². The van der Waals surface area contributed by atoms with Crippen LogP contribution in [0.25, 0.3) is 0 Å². The van der Waals surface area contributed by atoms with Crippen LogP contribution in [-0.2, 0) is 0 Å². The largest absolute Gasteiger partial charge is 0.322 e. The smallest absolute Gasteiger partial charge is 0.270 e. The van der Waals surface area contributed by atoms with Crippen molar-refractivity contribution >= 4 is 40.3 Å². The molecule has 8 heteroatoms. The number of azo groups is 1. The van der Waals surface area contributed by atoms with E-state index in [0.717, 1.165) is 11.8 Å². The molecule has 3 aromatic rings. The highest BCUT2D eigenvalue weighted by Gasteiger charge is 2.15. The second-order valence-corrected chi connectivity index (χ2v) is 5.87. The van der Waals surface area contributed by atoms with Gasteiger partial charge < -0.3 is 5.32 Å². The van der Waals surface area contributed by atoms with Crippen molar-refractivity contribution in [3.63, 3.8) is 0 Å². The van der Waals surface area contributed by atoms with Gasteiger partial charge in [-0.1, -0.05) is 29.8 Å². The molecular formula is C19H13ClN4O3. The summed E-state index contributed by atoms with van der Waals surface area (Å²) in [6.07, 6.45) is 0. The fourth-order valence-corrected chi connectivity index (χ4v) is 2.48. The fourth-order valence-electron chi connectivity index (χ4n) is 2.22. The summed E-state index contributed by atoms with van der Waals surface area (Å²) in [6.45, 7) is 0. The number of halogens is 1. The van der Waals surface area contributed by atoms with Gasteiger partial charge in [0.05, 0.1) is 26.9 Å². The van der Waals surface area contributed by atoms with E-state index in [1.807, 2.05) is 30.3 Å². The SMILES string of the molecule is O=C(Nc1ccc(N=Nc2ccccc2)cc1)c1ccc([N+](=O)[O-])cc1Cl. The molecule has 0 aromatic heterocycles. The third-order valence-corrected chi connectivity index (χ3v) is 3.88. The highest BCUT2D eigenvalue weighted by molar-refractivity contribution is 6.34. The molecule has 0 radical (unpaired) electrons. The Morgan fingerprint density at radius 1 is 0.926 bits per heavy atom. The van der Waals surface area contributed by atoms with Crippen LogP contribution in [0.15, 0.2) is 83.0 Å². The number of anilines is 1. The van der Waals surface area contributed by atoms with E-state index in [0.29, 0.717) is 11.4 Å². The first-order valence-electron chi connectivity index (χ1n) is 7.85. The number of hydrogen-bond donors (Lipinski definition) is 1. The van der Waals surface area contributed by atoms with Gasteiger partial charge in [-0.25, -0.2) is 0 Å². The lowest BCUT2D eigenvalue weighted by molar-refractivity contribution is -0.384. The minimum atomic E-state index is -0.573. The molecule has 134 valence electrons. The van der Waals surface area contributed by atoms with Crippen molar-refractivity contribution in [1.82, 2.24) is 0 Å². The highest BCUT2D eigenvalue weighted by Crippen LogP contribution is 2.24. The standard InChI is InChI=1S/C19H13ClN4O3/c20-18-12-16(24(26)27)10-11-17(18)19(25)21-13-6-8-15(9-7-13)23-22-14-4-2-1-3-5-14/h1-12H,(H,21,25). The molecule has 0 heterocycles. The number of nitro groups is 1. The van der Waals surface area contributed by atoms with Crippen LogP contribution in [0.3, 0.4) is 0 Å². The van der Waals surface area contributed by atoms with Crippen LogP contribution in [0, 0.1) is 10.1 Å². The Bertz CT molecular complexity index is 1010. The number of carbonyl (C=O) groups excluding carboxylic acids is 1. The third kappa shape index (κ3) is 4.74. The first kappa shape index (κ1) is 18.2. The van der Waals surface area contributed by atoms with Crippen LogP contribution in [0.4, 0.5) is 22.7 Å². The predicted molar refractivity (Wildman–Crippen MR) is 103 cm³/mol. The monoisotopic (exact) mass is 380 g/mol. The number of nitrogens with zero attached hydrogens (tertiary/aromatic N) is 3. The van der Waals surface area contributed by atoms with Gasteiger partial charge >= 0.3 is 0 Å². The summed E-state index contributed by atoms with van der Waals surface area (Å²) in [4.78, 5) is 22.5. The molecule has 3 rings (SSSR count). The van der Waals surface area contributed by atoms with Crippen LogP contribution in [-0.4, -0.2) is 10.8 Å². The molecule has 0 saturated carbocycles. The maximum absolute atomic E-state index is 12.3. The summed E-state index contributed by atoms with van der Waals surface area (Å²) < 4.78 is 0. The van der Waals surface area contributed by atoms with Gasteiger partial charge in [0.25, 0.3) is 11.6 Å². The van der Waals surface area contributed by atoms with Crippen molar-refractivity contribution in [2.24, 2.45) is 10.2 Å². The van der Waals surface area contributed by atoms with Crippen molar-refractivity contribution in [2.75, 3.05) is 5.32 Å². The Balaban J connectivity index is 1.68. The van der Waals surface area contributed by atoms with Gasteiger partial charge in [0.15, 0.2) is 0 Å². The van der Waals surface area contributed by atoms with E-state index in [2.05, 4.69) is 15.5 Å². The number of nitrogens with one attached hydrogen (secondary N) is 1. The van der Waals surface area contributed by atoms with Crippen molar-refractivity contribution in [1.29, 1.82) is 0 Å². The number of rotatable bonds is 5. The molecule has 27 heavy (non-hydrogen) atoms. The molecule has 0 aliphatic heterocycles. The third-order valence-electron chi connectivity index (χ3n) is 3.57. The lowest BCUT2D eigenvalue weighted by Crippen LogP contribution is -2.12. The van der Waals surface area contributed by atoms with Crippen LogP contribution in [0.2, 0.25) is 5.02 Å². The Kier molecular flexibility index (Phi) is 5.53. The molecule has 0 bridgehead atoms. The summed E-state index contributed by atoms with van der Waals surface area (Å²) in [5, 5.41) is 21.7. The van der Waals surface area contributed by atoms with E-state index in [4.69, 9.17) is 11.6 Å². The molecule has 0 unspecified atom stereocenters. The molecule has 1 N–H and O–H groups in total. The molecule has 0 aliphatic rings. The zero-order chi connectivity index (χ0) is 19.2. The minimum Gasteiger partial charge on any atom is -0.322 e. The van der Waals surface area contributed by atoms with E-state index >= 15 is 0 Å². The van der Waals surface area contributed by atoms with Gasteiger partial charge in [0.1, 0.15) is 0 Å². The van der Waals surface area contributed by atoms with Crippen LogP contribution >= 0.6 is 11.6 Å². The normalized spacial score (nSPS) is 10.7. The maximum atomic E-state index is 12.3. The van der Waals surface area contributed by atoms with Gasteiger partial charge in [0, 0.05) is 17.8 Å². The quantitative estimate of drug-likeness (QED) is 0.338. The molecular weight excluding hydrogens is 368 g/mol. The first-order valence-corrected chi connectivity index (χ1v) is 8.23. The summed E-state index contributed by atoms with van der Waals surface area (Å²) in [5.41, 5.74) is 1.88. The number of non-ortho nitro benzene ring substituents is 1. The number of nitro benzene ring substituents is 1. The molecule has 0 atom stereocenters. The van der Waals surface area contributed by atoms with Crippen LogP contribution < -0.4 is 5.32 Å². The number of hydrogen-bond acceptors (Lipinski definition) is 5. The van der Waals surface area contributed by atoms with Gasteiger partial charge in [-0.2, -0.15) is 10.2 Å². The van der Waals surface area contributed by atoms with Crippen molar-refractivity contribution in [3.8, 4) is 0 Å². The van der Waals surface area contributed by atoms with E-state index < -0.39 is 10.8 Å². The van der Waals surface area contributed by atoms with Gasteiger partial charge in [-0.3, -0.25) is 14.9 Å². The van der Waals surface area contributed by atoms with E-state index in [1.165, 1.54) is 12.1 Å². The Morgan fingerprint density at radius 3 is 2.15 bits per heavy atom. The molecule has 3 aromatic carbocycles. The van der Waals surface area contributed by atoms with E-state index in [-0.39, 0.29) is 16.3 Å². The van der Waals surface area contributed by atoms with Crippen LogP contribution in [0.1, 0.15) is 10.4 Å². The van der Waals surface area contributed by atoms with Crippen molar-refractivity contribution in [2.45, 2.75) is 0 Å². The maximum Gasteiger partial charge on any atom is 0.270 e. The zero-order valence-electron chi connectivity index (χ0n) is 13.9. The van der Waals surface area contributed by atoms with Crippen molar-refractivity contribution < 1.29 is 9.72 Å². The second kappa shape index (κ2) is 8.20. The number of amides is 1. The van der Waals surface area contributed by atoms with Gasteiger partial charge in [-0.15, -0.1) is 0 Å².